The number of nitrogens with zero attached hydrogens (tertiary/aromatic N) is 2. The first-order valence-corrected chi connectivity index (χ1v) is 6.65. The Kier molecular flexibility index (Phi) is 4.17. The van der Waals surface area contributed by atoms with Crippen LogP contribution in [0.5, 0.6) is 0 Å². The van der Waals surface area contributed by atoms with E-state index < -0.39 is 0 Å². The van der Waals surface area contributed by atoms with E-state index in [0.29, 0.717) is 16.3 Å². The monoisotopic (exact) mass is 300 g/mol. The van der Waals surface area contributed by atoms with Gasteiger partial charge in [0.15, 0.2) is 0 Å². The maximum atomic E-state index is 11.4. The maximum absolute atomic E-state index is 11.4. The van der Waals surface area contributed by atoms with E-state index in [4.69, 9.17) is 0 Å². The minimum atomic E-state index is -0.153. The van der Waals surface area contributed by atoms with Gasteiger partial charge in [0.2, 0.25) is 0 Å². The smallest absolute Gasteiger partial charge is 0.267 e. The fourth-order valence-electron chi connectivity index (χ4n) is 2.12. The number of hydrogen-bond acceptors (Lipinski definition) is 4. The van der Waals surface area contributed by atoms with Gasteiger partial charge < -0.3 is 15.2 Å². The van der Waals surface area contributed by atoms with Gasteiger partial charge in [-0.05, 0) is 42.4 Å². The normalized spacial score (nSPS) is 21.4. The molecule has 1 unspecified atom stereocenters. The summed E-state index contributed by atoms with van der Waals surface area (Å²) in [5, 5.41) is 3.23. The van der Waals surface area contributed by atoms with Gasteiger partial charge in [-0.15, -0.1) is 0 Å². The molecule has 17 heavy (non-hydrogen) atoms. The van der Waals surface area contributed by atoms with Crippen molar-refractivity contribution in [2.45, 2.75) is 25.3 Å². The van der Waals surface area contributed by atoms with E-state index in [0.717, 1.165) is 13.1 Å². The number of likely N-dealkylation sites (N-methyl/N-ethyl adjacent to an activating group) is 1. The highest BCUT2D eigenvalue weighted by atomic mass is 79.9. The number of hydrogen-bond donors (Lipinski definition) is 2. The number of nitrogens with one attached hydrogen (secondary N) is 2. The van der Waals surface area contributed by atoms with Crippen molar-refractivity contribution in [2.75, 3.05) is 25.5 Å². The Morgan fingerprint density at radius 1 is 1.65 bits per heavy atom. The summed E-state index contributed by atoms with van der Waals surface area (Å²) < 4.78 is 0.471. The van der Waals surface area contributed by atoms with Crippen LogP contribution in [-0.2, 0) is 0 Å². The highest BCUT2D eigenvalue weighted by molar-refractivity contribution is 9.10. The van der Waals surface area contributed by atoms with Gasteiger partial charge in [-0.2, -0.15) is 0 Å². The molecule has 0 saturated carbocycles. The Morgan fingerprint density at radius 3 is 3.24 bits per heavy atom. The third-order valence-electron chi connectivity index (χ3n) is 3.22. The van der Waals surface area contributed by atoms with Crippen molar-refractivity contribution in [1.29, 1.82) is 0 Å². The summed E-state index contributed by atoms with van der Waals surface area (Å²) in [5.41, 5.74) is -0.153. The molecule has 94 valence electrons. The predicted octanol–water partition coefficient (Wildman–Crippen LogP) is 1.43. The van der Waals surface area contributed by atoms with E-state index in [1.165, 1.54) is 25.6 Å². The molecule has 1 aromatic rings. The van der Waals surface area contributed by atoms with E-state index in [2.05, 4.69) is 43.2 Å². The standard InChI is InChI=1S/C11H17BrN4O/c1-16-5-3-2-4-8(16)6-13-10-9(12)11(17)15-7-14-10/h7-8H,2-6H2,1H3,(H2,13,14,15,17). The van der Waals surface area contributed by atoms with E-state index in [-0.39, 0.29) is 5.56 Å². The van der Waals surface area contributed by atoms with Crippen molar-refractivity contribution >= 4 is 21.7 Å². The first kappa shape index (κ1) is 12.6. The molecule has 5 nitrogen and oxygen atoms in total. The van der Waals surface area contributed by atoms with Gasteiger partial charge in [-0.3, -0.25) is 4.79 Å². The molecule has 2 heterocycles. The van der Waals surface area contributed by atoms with Crippen LogP contribution in [0.4, 0.5) is 5.82 Å². The molecule has 1 saturated heterocycles. The molecule has 0 spiro atoms. The Morgan fingerprint density at radius 2 is 2.47 bits per heavy atom. The average Bonchev–Trinajstić information content (AvgIpc) is 2.33. The molecule has 0 aliphatic carbocycles. The topological polar surface area (TPSA) is 61.0 Å². The zero-order chi connectivity index (χ0) is 12.3. The van der Waals surface area contributed by atoms with Gasteiger partial charge in [0, 0.05) is 12.6 Å². The highest BCUT2D eigenvalue weighted by Crippen LogP contribution is 2.17. The highest BCUT2D eigenvalue weighted by Gasteiger charge is 2.19. The third-order valence-corrected chi connectivity index (χ3v) is 3.96. The fourth-order valence-corrected chi connectivity index (χ4v) is 2.48. The number of aromatic nitrogens is 2. The summed E-state index contributed by atoms with van der Waals surface area (Å²) in [6.45, 7) is 1.97. The average molecular weight is 301 g/mol. The van der Waals surface area contributed by atoms with Gasteiger partial charge in [0.1, 0.15) is 10.3 Å². The van der Waals surface area contributed by atoms with Gasteiger partial charge in [-0.1, -0.05) is 6.42 Å². The fraction of sp³-hybridized carbons (Fsp3) is 0.636. The lowest BCUT2D eigenvalue weighted by Gasteiger charge is -2.32. The molecular weight excluding hydrogens is 284 g/mol. The minimum Gasteiger partial charge on any atom is -0.367 e. The van der Waals surface area contributed by atoms with Crippen molar-refractivity contribution in [1.82, 2.24) is 14.9 Å². The van der Waals surface area contributed by atoms with Crippen LogP contribution in [0.25, 0.3) is 0 Å². The SMILES string of the molecule is CN1CCCCC1CNc1nc[nH]c(=O)c1Br. The van der Waals surface area contributed by atoms with Crippen LogP contribution in [0.1, 0.15) is 19.3 Å². The van der Waals surface area contributed by atoms with Crippen LogP contribution in [0.15, 0.2) is 15.6 Å². The van der Waals surface area contributed by atoms with Crippen LogP contribution >= 0.6 is 15.9 Å². The molecular formula is C11H17BrN4O. The number of piperidine rings is 1. The van der Waals surface area contributed by atoms with Crippen LogP contribution in [0.2, 0.25) is 0 Å². The number of rotatable bonds is 3. The quantitative estimate of drug-likeness (QED) is 0.886. The van der Waals surface area contributed by atoms with Crippen LogP contribution in [0.3, 0.4) is 0 Å². The number of halogens is 1. The summed E-state index contributed by atoms with van der Waals surface area (Å²) in [7, 11) is 2.14. The summed E-state index contributed by atoms with van der Waals surface area (Å²) in [4.78, 5) is 20.4. The summed E-state index contributed by atoms with van der Waals surface area (Å²) in [5.74, 6) is 0.618. The van der Waals surface area contributed by atoms with Crippen molar-refractivity contribution in [2.24, 2.45) is 0 Å². The van der Waals surface area contributed by atoms with E-state index in [1.807, 2.05) is 0 Å². The van der Waals surface area contributed by atoms with Gasteiger partial charge in [0.05, 0.1) is 6.33 Å². The Labute approximate surface area is 109 Å². The number of H-pyrrole nitrogens is 1. The zero-order valence-corrected chi connectivity index (χ0v) is 11.5. The Bertz CT molecular complexity index is 434. The minimum absolute atomic E-state index is 0.153. The number of likely N-dealkylation sites (tertiary alicyclic amines) is 1. The molecule has 1 aromatic heterocycles. The number of anilines is 1. The molecule has 1 aliphatic rings. The van der Waals surface area contributed by atoms with Crippen LogP contribution in [-0.4, -0.2) is 41.0 Å². The van der Waals surface area contributed by atoms with Gasteiger partial charge >= 0.3 is 0 Å². The molecule has 0 bridgehead atoms. The third kappa shape index (κ3) is 3.07. The molecule has 1 aliphatic heterocycles. The Hall–Kier alpha value is -0.880. The zero-order valence-electron chi connectivity index (χ0n) is 9.87. The second kappa shape index (κ2) is 5.64. The van der Waals surface area contributed by atoms with Crippen molar-refractivity contribution in [3.05, 3.63) is 21.2 Å². The molecule has 6 heteroatoms. The van der Waals surface area contributed by atoms with Crippen LogP contribution < -0.4 is 10.9 Å². The molecule has 0 amide bonds. The van der Waals surface area contributed by atoms with Gasteiger partial charge in [-0.25, -0.2) is 4.98 Å². The van der Waals surface area contributed by atoms with E-state index in [9.17, 15) is 4.79 Å². The second-order valence-corrected chi connectivity index (χ2v) is 5.20. The molecule has 1 atom stereocenters. The van der Waals surface area contributed by atoms with E-state index >= 15 is 0 Å². The predicted molar refractivity (Wildman–Crippen MR) is 71.3 cm³/mol. The first-order valence-electron chi connectivity index (χ1n) is 5.86. The summed E-state index contributed by atoms with van der Waals surface area (Å²) in [6.07, 6.45) is 5.17. The van der Waals surface area contributed by atoms with Crippen LogP contribution in [0, 0.1) is 0 Å². The maximum Gasteiger partial charge on any atom is 0.267 e. The molecule has 1 fully saturated rings. The largest absolute Gasteiger partial charge is 0.367 e. The van der Waals surface area contributed by atoms with E-state index in [1.54, 1.807) is 0 Å². The lowest BCUT2D eigenvalue weighted by Crippen LogP contribution is -2.41. The summed E-state index contributed by atoms with van der Waals surface area (Å²) in [6, 6.07) is 0.525. The van der Waals surface area contributed by atoms with Crippen molar-refractivity contribution in [3.8, 4) is 0 Å². The molecule has 2 rings (SSSR count). The number of aromatic amines is 1. The lowest BCUT2D eigenvalue weighted by molar-refractivity contribution is 0.194. The lowest BCUT2D eigenvalue weighted by atomic mass is 10.0. The summed E-state index contributed by atoms with van der Waals surface area (Å²) >= 11 is 3.24. The van der Waals surface area contributed by atoms with Gasteiger partial charge in [0.25, 0.3) is 5.56 Å². The molecule has 0 radical (unpaired) electrons. The second-order valence-electron chi connectivity index (χ2n) is 4.41. The Balaban J connectivity index is 1.97. The van der Waals surface area contributed by atoms with Crippen molar-refractivity contribution < 1.29 is 0 Å². The first-order chi connectivity index (χ1) is 8.18. The molecule has 0 aromatic carbocycles. The molecule has 2 N–H and O–H groups in total. The van der Waals surface area contributed by atoms with Crippen molar-refractivity contribution in [3.63, 3.8) is 0 Å².